The van der Waals surface area contributed by atoms with E-state index in [0.717, 1.165) is 5.56 Å². The van der Waals surface area contributed by atoms with Gasteiger partial charge in [-0.1, -0.05) is 54.1 Å². The lowest BCUT2D eigenvalue weighted by Crippen LogP contribution is -2.60. The number of halogens is 7. The predicted molar refractivity (Wildman–Crippen MR) is 192 cm³/mol. The number of phenolic OH excluding ortho intramolecular Hbond substituents is 1. The molecule has 0 spiro atoms. The Morgan fingerprint density at radius 2 is 1.46 bits per heavy atom. The topological polar surface area (TPSA) is 107 Å². The van der Waals surface area contributed by atoms with Crippen LogP contribution in [0, 0.1) is 46.8 Å². The zero-order chi connectivity index (χ0) is 40.0. The normalized spacial score (nSPS) is 29.4. The van der Waals surface area contributed by atoms with Crippen LogP contribution >= 0.6 is 23.2 Å². The van der Waals surface area contributed by atoms with Crippen LogP contribution in [0.15, 0.2) is 60.2 Å². The Kier molecular flexibility index (Phi) is 9.48. The van der Waals surface area contributed by atoms with Crippen molar-refractivity contribution in [3.63, 3.8) is 0 Å². The third-order valence-corrected chi connectivity index (χ3v) is 13.5. The second kappa shape index (κ2) is 13.8. The first-order chi connectivity index (χ1) is 26.7. The van der Waals surface area contributed by atoms with E-state index >= 15 is 8.78 Å². The van der Waals surface area contributed by atoms with Crippen molar-refractivity contribution in [2.45, 2.75) is 60.9 Å². The molecule has 1 N–H and O–H groups in total. The van der Waals surface area contributed by atoms with Gasteiger partial charge in [0.2, 0.25) is 17.6 Å². The predicted octanol–water partition coefficient (Wildman–Crippen LogP) is 6.71. The van der Waals surface area contributed by atoms with E-state index in [2.05, 4.69) is 4.90 Å². The molecular weight excluding hydrogens is 784 g/mol. The highest BCUT2D eigenvalue weighted by molar-refractivity contribution is 6.58. The Labute approximate surface area is 327 Å². The minimum absolute atomic E-state index is 0.00140. The summed E-state index contributed by atoms with van der Waals surface area (Å²) in [5, 5.41) is 11.6. The molecule has 3 aromatic rings. The summed E-state index contributed by atoms with van der Waals surface area (Å²) in [5.74, 6) is -21.8. The van der Waals surface area contributed by atoms with E-state index in [1.54, 1.807) is 13.0 Å². The maximum absolute atomic E-state index is 15.4. The maximum Gasteiger partial charge on any atom is 0.258 e. The van der Waals surface area contributed by atoms with Crippen molar-refractivity contribution in [1.82, 2.24) is 9.80 Å². The van der Waals surface area contributed by atoms with Gasteiger partial charge in [-0.25, -0.2) is 26.9 Å². The van der Waals surface area contributed by atoms with Gasteiger partial charge in [0.1, 0.15) is 5.69 Å². The van der Waals surface area contributed by atoms with Gasteiger partial charge < -0.3 is 9.84 Å². The first kappa shape index (κ1) is 38.3. The van der Waals surface area contributed by atoms with Crippen LogP contribution in [0.1, 0.15) is 49.7 Å². The summed E-state index contributed by atoms with van der Waals surface area (Å²) in [6, 6.07) is 13.6. The molecule has 6 unspecified atom stereocenters. The van der Waals surface area contributed by atoms with Crippen LogP contribution < -0.4 is 9.64 Å². The maximum atomic E-state index is 15.4. The van der Waals surface area contributed by atoms with Crippen LogP contribution in [0.5, 0.6) is 11.5 Å². The van der Waals surface area contributed by atoms with E-state index in [1.165, 1.54) is 23.1 Å². The summed E-state index contributed by atoms with van der Waals surface area (Å²) in [6.45, 7) is 3.65. The van der Waals surface area contributed by atoms with Gasteiger partial charge in [0.15, 0.2) is 44.5 Å². The smallest absolute Gasteiger partial charge is 0.258 e. The molecule has 0 radical (unpaired) electrons. The van der Waals surface area contributed by atoms with Crippen LogP contribution in [0.3, 0.4) is 0 Å². The number of fused-ring (bicyclic) bond motifs is 4. The number of phenols is 1. The van der Waals surface area contributed by atoms with E-state index in [4.69, 9.17) is 27.9 Å². The monoisotopic (exact) mass is 817 g/mol. The quantitative estimate of drug-likeness (QED) is 0.0706. The Bertz CT molecular complexity index is 2190. The fourth-order valence-corrected chi connectivity index (χ4v) is 10.4. The van der Waals surface area contributed by atoms with Crippen molar-refractivity contribution < 1.29 is 51.0 Å². The van der Waals surface area contributed by atoms with Crippen LogP contribution in [-0.2, 0) is 25.7 Å². The average molecular weight is 819 g/mol. The lowest BCUT2D eigenvalue weighted by atomic mass is 9.56. The summed E-state index contributed by atoms with van der Waals surface area (Å²) >= 11 is 14.4. The molecule has 5 aliphatic rings. The lowest BCUT2D eigenvalue weighted by molar-refractivity contribution is -0.144. The molecule has 3 aliphatic heterocycles. The van der Waals surface area contributed by atoms with Crippen molar-refractivity contribution in [2.75, 3.05) is 24.6 Å². The van der Waals surface area contributed by atoms with E-state index in [0.29, 0.717) is 32.5 Å². The van der Waals surface area contributed by atoms with Crippen LogP contribution in [-0.4, -0.2) is 74.0 Å². The SMILES string of the molecule is CCOc1cccc(C2C3=CCC4C(=O)N(C5CCN(Cc6ccccc6)CC5)C(=O)C4C3CC3(Cl)C(=O)N(c4c(F)c(F)c(F)c(F)c4F)C(=O)C23Cl)c1O. The number of alkyl halides is 2. The number of carbonyl (C=O) groups excluding carboxylic acids is 4. The molecule has 4 fully saturated rings. The number of piperidine rings is 1. The average Bonchev–Trinajstić information content (AvgIpc) is 3.53. The number of anilines is 1. The number of benzene rings is 3. The van der Waals surface area contributed by atoms with Crippen molar-refractivity contribution in [3.05, 3.63) is 100 Å². The molecule has 8 rings (SSSR count). The number of nitrogens with zero attached hydrogens (tertiary/aromatic N) is 3. The van der Waals surface area contributed by atoms with E-state index in [-0.39, 0.29) is 34.8 Å². The van der Waals surface area contributed by atoms with Crippen molar-refractivity contribution in [2.24, 2.45) is 17.8 Å². The van der Waals surface area contributed by atoms with Crippen molar-refractivity contribution in [1.29, 1.82) is 0 Å². The molecule has 16 heteroatoms. The second-order valence-electron chi connectivity index (χ2n) is 14.9. The number of rotatable bonds is 7. The van der Waals surface area contributed by atoms with Gasteiger partial charge in [0, 0.05) is 37.2 Å². The van der Waals surface area contributed by atoms with E-state index in [9.17, 15) is 37.5 Å². The number of allylic oxidation sites excluding steroid dienone is 2. The summed E-state index contributed by atoms with van der Waals surface area (Å²) < 4.78 is 79.5. The molecule has 0 bridgehead atoms. The van der Waals surface area contributed by atoms with Gasteiger partial charge in [-0.2, -0.15) is 0 Å². The molecule has 2 aliphatic carbocycles. The third kappa shape index (κ3) is 5.34. The van der Waals surface area contributed by atoms with Crippen LogP contribution in [0.2, 0.25) is 0 Å². The van der Waals surface area contributed by atoms with E-state index in [1.807, 2.05) is 30.3 Å². The van der Waals surface area contributed by atoms with Gasteiger partial charge in [-0.05, 0) is 50.2 Å². The van der Waals surface area contributed by atoms with Crippen molar-refractivity contribution >= 4 is 52.5 Å². The van der Waals surface area contributed by atoms with E-state index < -0.39 is 110 Å². The van der Waals surface area contributed by atoms with Crippen molar-refractivity contribution in [3.8, 4) is 11.5 Å². The second-order valence-corrected chi connectivity index (χ2v) is 16.1. The largest absolute Gasteiger partial charge is 0.504 e. The number of likely N-dealkylation sites (tertiary alicyclic amines) is 2. The first-order valence-corrected chi connectivity index (χ1v) is 19.0. The summed E-state index contributed by atoms with van der Waals surface area (Å²) in [5.41, 5.74) is -0.631. The highest BCUT2D eigenvalue weighted by Crippen LogP contribution is 2.67. The summed E-state index contributed by atoms with van der Waals surface area (Å²) in [4.78, 5) is 55.5. The first-order valence-electron chi connectivity index (χ1n) is 18.2. The number of hydrogen-bond acceptors (Lipinski definition) is 7. The Balaban J connectivity index is 1.20. The third-order valence-electron chi connectivity index (χ3n) is 12.1. The number of imide groups is 2. The Morgan fingerprint density at radius 3 is 2.11 bits per heavy atom. The fourth-order valence-electron chi connectivity index (χ4n) is 9.52. The molecule has 3 aromatic carbocycles. The number of carbonyl (C=O) groups is 4. The van der Waals surface area contributed by atoms with Gasteiger partial charge in [0.25, 0.3) is 11.8 Å². The molecule has 6 atom stereocenters. The minimum Gasteiger partial charge on any atom is -0.504 e. The minimum atomic E-state index is -2.76. The van der Waals surface area contributed by atoms with Crippen LogP contribution in [0.4, 0.5) is 27.6 Å². The van der Waals surface area contributed by atoms with Gasteiger partial charge >= 0.3 is 0 Å². The number of para-hydroxylation sites is 1. The number of ether oxygens (including phenoxy) is 1. The lowest BCUT2D eigenvalue weighted by Gasteiger charge is -2.50. The summed E-state index contributed by atoms with van der Waals surface area (Å²) in [7, 11) is 0. The van der Waals surface area contributed by atoms with Gasteiger partial charge in [0.05, 0.1) is 18.4 Å². The highest BCUT2D eigenvalue weighted by atomic mass is 35.5. The number of aromatic hydroxyl groups is 1. The number of amides is 4. The molecule has 0 aromatic heterocycles. The highest BCUT2D eigenvalue weighted by Gasteiger charge is 2.77. The molecule has 3 saturated heterocycles. The Hall–Kier alpha value is -4.53. The fraction of sp³-hybridized carbons (Fsp3) is 0.400. The van der Waals surface area contributed by atoms with Gasteiger partial charge in [-0.3, -0.25) is 29.0 Å². The standard InChI is InChI=1S/C40H34Cl2F5N3O6/c1-2-56-25-10-6-9-23(34(25)51)27-21-11-12-22-26(36(53)49(35(22)52)20-13-15-48(16-14-20)18-19-7-4-3-5-8-19)24(21)17-39(41)37(54)50(38(55)40(27,39)42)33-31(46)29(44)28(43)30(45)32(33)47/h3-11,20,22,24,26-27,51H,2,12-18H2,1H3. The molecule has 9 nitrogen and oxygen atoms in total. The molecule has 294 valence electrons. The molecular formula is C40H34Cl2F5N3O6. The van der Waals surface area contributed by atoms with Gasteiger partial charge in [-0.15, -0.1) is 23.2 Å². The Morgan fingerprint density at radius 1 is 0.821 bits per heavy atom. The zero-order valence-corrected chi connectivity index (χ0v) is 31.2. The summed E-state index contributed by atoms with van der Waals surface area (Å²) in [6.07, 6.45) is 1.97. The molecule has 1 saturated carbocycles. The number of hydrogen-bond donors (Lipinski definition) is 1. The zero-order valence-electron chi connectivity index (χ0n) is 29.7. The molecule has 56 heavy (non-hydrogen) atoms. The van der Waals surface area contributed by atoms with Crippen LogP contribution in [0.25, 0.3) is 0 Å². The molecule has 3 heterocycles. The molecule has 4 amide bonds.